The summed E-state index contributed by atoms with van der Waals surface area (Å²) in [7, 11) is 0. The van der Waals surface area contributed by atoms with Gasteiger partial charge in [0.15, 0.2) is 0 Å². The average Bonchev–Trinajstić information content (AvgIpc) is 1.36. The predicted octanol–water partition coefficient (Wildman–Crippen LogP) is -0.731. The van der Waals surface area contributed by atoms with Crippen LogP contribution in [0.3, 0.4) is 0 Å². The van der Waals surface area contributed by atoms with Crippen LogP contribution in [0, 0.1) is 0 Å². The largest absolute Gasteiger partial charge is 0.473 e. The van der Waals surface area contributed by atoms with E-state index >= 15 is 0 Å². The van der Waals surface area contributed by atoms with Crippen LogP contribution in [0.25, 0.3) is 0 Å². The van der Waals surface area contributed by atoms with Crippen molar-refractivity contribution in [3.63, 3.8) is 0 Å². The van der Waals surface area contributed by atoms with Crippen molar-refractivity contribution in [2.24, 2.45) is 0 Å². The minimum absolute atomic E-state index is 0. The van der Waals surface area contributed by atoms with Gasteiger partial charge < -0.3 is 10.2 Å². The molecule has 0 spiro atoms. The van der Waals surface area contributed by atoms with Crippen LogP contribution < -0.4 is 0 Å². The van der Waals surface area contributed by atoms with Crippen LogP contribution in [0.15, 0.2) is 0 Å². The monoisotopic (exact) mass is 216 g/mol. The van der Waals surface area contributed by atoms with Gasteiger partial charge in [-0.05, 0) is 0 Å². The summed E-state index contributed by atoms with van der Waals surface area (Å²) in [6, 6.07) is 0. The van der Waals surface area contributed by atoms with E-state index < -0.39 is 11.9 Å². The maximum atomic E-state index is 9.10. The van der Waals surface area contributed by atoms with Crippen molar-refractivity contribution in [3.05, 3.63) is 0 Å². The molecule has 7 heteroatoms. The van der Waals surface area contributed by atoms with Gasteiger partial charge in [0.25, 0.3) is 0 Å². The first-order valence-electron chi connectivity index (χ1n) is 1.11. The van der Waals surface area contributed by atoms with Gasteiger partial charge in [-0.15, -0.1) is 0 Å². The van der Waals surface area contributed by atoms with Crippen molar-refractivity contribution in [2.45, 2.75) is 0 Å². The zero-order valence-electron chi connectivity index (χ0n) is 4.44. The van der Waals surface area contributed by atoms with E-state index in [2.05, 4.69) is 0 Å². The van der Waals surface area contributed by atoms with E-state index in [0.29, 0.717) is 0 Å². The summed E-state index contributed by atoms with van der Waals surface area (Å²) < 4.78 is 0. The van der Waals surface area contributed by atoms with E-state index in [0.717, 1.165) is 0 Å². The maximum Gasteiger partial charge on any atom is 0.414 e. The van der Waals surface area contributed by atoms with Crippen molar-refractivity contribution >= 4 is 31.7 Å². The molecule has 0 radical (unpaired) electrons. The third-order valence-electron chi connectivity index (χ3n) is 0.183. The first-order valence-corrected chi connectivity index (χ1v) is 1.11. The molecule has 0 aromatic heterocycles. The first-order chi connectivity index (χ1) is 2.64. The van der Waals surface area contributed by atoms with Crippen LogP contribution in [0.5, 0.6) is 0 Å². The Labute approximate surface area is 68.6 Å². The topological polar surface area (TPSA) is 74.6 Å². The number of hydrogen-bond acceptors (Lipinski definition) is 2. The third kappa shape index (κ3) is 17.8. The number of carboxylic acid groups (broad SMARTS) is 2. The molecule has 0 bridgehead atoms. The molecule has 4 nitrogen and oxygen atoms in total. The molecule has 0 aromatic rings. The Morgan fingerprint density at radius 3 is 1.00 bits per heavy atom. The van der Waals surface area contributed by atoms with Gasteiger partial charge in [-0.3, -0.25) is 0 Å². The molecule has 0 aliphatic rings. The SMILES string of the molecule is O=C(O)C(=O)O.P.P.[Ni]. The normalized spacial score (nSPS) is 4.89. The molecule has 60 valence electrons. The van der Waals surface area contributed by atoms with Crippen LogP contribution >= 0.6 is 19.8 Å². The summed E-state index contributed by atoms with van der Waals surface area (Å²) in [5.74, 6) is -3.65. The van der Waals surface area contributed by atoms with E-state index in [1.807, 2.05) is 0 Å². The second-order valence-corrected chi connectivity index (χ2v) is 0.610. The zero-order valence-corrected chi connectivity index (χ0v) is 8.26. The van der Waals surface area contributed by atoms with Crippen LogP contribution in [0.4, 0.5) is 0 Å². The second-order valence-electron chi connectivity index (χ2n) is 0.610. The van der Waals surface area contributed by atoms with Gasteiger partial charge in [0, 0.05) is 16.5 Å². The van der Waals surface area contributed by atoms with Gasteiger partial charge in [0.2, 0.25) is 0 Å². The fraction of sp³-hybridized carbons (Fsp3) is 0. The molecule has 2 unspecified atom stereocenters. The molecular weight excluding hydrogens is 209 g/mol. The summed E-state index contributed by atoms with van der Waals surface area (Å²) >= 11 is 0. The van der Waals surface area contributed by atoms with Crippen molar-refractivity contribution in [3.8, 4) is 0 Å². The number of carboxylic acids is 2. The van der Waals surface area contributed by atoms with Gasteiger partial charge in [-0.25, -0.2) is 9.59 Å². The smallest absolute Gasteiger partial charge is 0.414 e. The zero-order chi connectivity index (χ0) is 5.15. The van der Waals surface area contributed by atoms with Crippen LogP contribution in [0.1, 0.15) is 0 Å². The Morgan fingerprint density at radius 1 is 0.889 bits per heavy atom. The Kier molecular flexibility index (Phi) is 28.2. The number of carbonyl (C=O) groups is 2. The molecule has 2 N–H and O–H groups in total. The molecule has 2 atom stereocenters. The van der Waals surface area contributed by atoms with Gasteiger partial charge in [-0.1, -0.05) is 0 Å². The van der Waals surface area contributed by atoms with E-state index in [9.17, 15) is 0 Å². The van der Waals surface area contributed by atoms with Gasteiger partial charge >= 0.3 is 11.9 Å². The van der Waals surface area contributed by atoms with Crippen molar-refractivity contribution < 1.29 is 36.3 Å². The van der Waals surface area contributed by atoms with Crippen LogP contribution in [-0.2, 0) is 26.1 Å². The first kappa shape index (κ1) is 22.8. The molecule has 9 heavy (non-hydrogen) atoms. The molecule has 0 saturated heterocycles. The molecule has 0 aliphatic carbocycles. The third-order valence-corrected chi connectivity index (χ3v) is 0.183. The molecule has 0 amide bonds. The minimum Gasteiger partial charge on any atom is -0.473 e. The second kappa shape index (κ2) is 11.1. The quantitative estimate of drug-likeness (QED) is 0.318. The van der Waals surface area contributed by atoms with E-state index in [-0.39, 0.29) is 36.3 Å². The number of aliphatic carboxylic acids is 2. The molecule has 0 saturated carbocycles. The van der Waals surface area contributed by atoms with Crippen LogP contribution in [-0.4, -0.2) is 22.2 Å². The fourth-order valence-electron chi connectivity index (χ4n) is 0. The summed E-state index contributed by atoms with van der Waals surface area (Å²) in [4.78, 5) is 18.2. The summed E-state index contributed by atoms with van der Waals surface area (Å²) in [6.07, 6.45) is 0. The Balaban J connectivity index is -0.0000000417. The average molecular weight is 217 g/mol. The van der Waals surface area contributed by atoms with Crippen molar-refractivity contribution in [1.82, 2.24) is 0 Å². The van der Waals surface area contributed by atoms with Gasteiger partial charge in [0.05, 0.1) is 0 Å². The van der Waals surface area contributed by atoms with E-state index in [4.69, 9.17) is 19.8 Å². The summed E-state index contributed by atoms with van der Waals surface area (Å²) in [6.45, 7) is 0. The molecule has 0 rings (SSSR count). The Hall–Kier alpha value is 0.294. The molecule has 0 aromatic carbocycles. The van der Waals surface area contributed by atoms with Gasteiger partial charge in [-0.2, -0.15) is 19.8 Å². The molecular formula is C2H8NiO4P2. The fourth-order valence-corrected chi connectivity index (χ4v) is 0. The molecule has 0 aliphatic heterocycles. The van der Waals surface area contributed by atoms with Crippen molar-refractivity contribution in [1.29, 1.82) is 0 Å². The predicted molar refractivity (Wildman–Crippen MR) is 37.5 cm³/mol. The summed E-state index contributed by atoms with van der Waals surface area (Å²) in [5, 5.41) is 14.8. The Morgan fingerprint density at radius 2 is 1.00 bits per heavy atom. The van der Waals surface area contributed by atoms with Gasteiger partial charge in [0.1, 0.15) is 0 Å². The van der Waals surface area contributed by atoms with Crippen LogP contribution in [0.2, 0.25) is 0 Å². The molecule has 0 heterocycles. The Bertz CT molecular complexity index is 82.6. The molecule has 0 fully saturated rings. The number of hydrogen-bond donors (Lipinski definition) is 2. The van der Waals surface area contributed by atoms with E-state index in [1.165, 1.54) is 0 Å². The minimum atomic E-state index is -1.82. The maximum absolute atomic E-state index is 9.10. The number of rotatable bonds is 0. The van der Waals surface area contributed by atoms with Crippen molar-refractivity contribution in [2.75, 3.05) is 0 Å². The standard InChI is InChI=1S/C2H2O4.Ni.2H3P/c3-1(4)2(5)6;;;/h(H,3,4)(H,5,6);;2*1H3. The van der Waals surface area contributed by atoms with E-state index in [1.54, 1.807) is 0 Å². The summed E-state index contributed by atoms with van der Waals surface area (Å²) in [5.41, 5.74) is 0.